The number of ether oxygens (including phenoxy) is 1. The molecule has 1 fully saturated rings. The molecule has 0 aliphatic carbocycles. The molecule has 1 aromatic heterocycles. The van der Waals surface area contributed by atoms with Crippen molar-refractivity contribution in [1.82, 2.24) is 9.88 Å². The van der Waals surface area contributed by atoms with Crippen LogP contribution in [0, 0.1) is 0 Å². The van der Waals surface area contributed by atoms with Crippen molar-refractivity contribution >= 4 is 39.1 Å². The maximum Gasteiger partial charge on any atom is 0.262 e. The summed E-state index contributed by atoms with van der Waals surface area (Å²) in [6.45, 7) is 1.43. The van der Waals surface area contributed by atoms with Gasteiger partial charge in [0.25, 0.3) is 11.8 Å². The Balaban J connectivity index is 1.28. The molecule has 0 radical (unpaired) electrons. The monoisotopic (exact) mass is 393 g/mol. The van der Waals surface area contributed by atoms with Crippen LogP contribution in [0.1, 0.15) is 34.1 Å². The summed E-state index contributed by atoms with van der Waals surface area (Å²) < 4.78 is 6.58. The highest BCUT2D eigenvalue weighted by molar-refractivity contribution is 7.18. The predicted molar refractivity (Wildman–Crippen MR) is 108 cm³/mol. The minimum atomic E-state index is -0.200. The first-order valence-electron chi connectivity index (χ1n) is 9.39. The maximum atomic E-state index is 12.9. The first kappa shape index (κ1) is 17.2. The highest BCUT2D eigenvalue weighted by Gasteiger charge is 2.27. The van der Waals surface area contributed by atoms with Crippen molar-refractivity contribution in [2.45, 2.75) is 18.8 Å². The van der Waals surface area contributed by atoms with E-state index in [1.807, 2.05) is 23.1 Å². The summed E-state index contributed by atoms with van der Waals surface area (Å²) in [7, 11) is 0. The fourth-order valence-electron chi connectivity index (χ4n) is 3.79. The van der Waals surface area contributed by atoms with Crippen LogP contribution in [0.15, 0.2) is 42.5 Å². The number of piperidine rings is 1. The molecule has 2 aliphatic rings. The first-order chi connectivity index (χ1) is 13.7. The quantitative estimate of drug-likeness (QED) is 0.721. The number of anilines is 1. The van der Waals surface area contributed by atoms with Crippen LogP contribution in [0.5, 0.6) is 5.75 Å². The number of aromatic nitrogens is 1. The number of carbonyl (C=O) groups is 2. The Kier molecular flexibility index (Phi) is 4.24. The largest absolute Gasteiger partial charge is 0.482 e. The lowest BCUT2D eigenvalue weighted by molar-refractivity contribution is -0.118. The molecular weight excluding hydrogens is 374 g/mol. The second-order valence-corrected chi connectivity index (χ2v) is 8.20. The Morgan fingerprint density at radius 3 is 2.82 bits per heavy atom. The minimum absolute atomic E-state index is 0.00891. The zero-order valence-corrected chi connectivity index (χ0v) is 16.0. The van der Waals surface area contributed by atoms with Crippen LogP contribution in [0.2, 0.25) is 0 Å². The zero-order valence-electron chi connectivity index (χ0n) is 15.2. The molecule has 0 spiro atoms. The van der Waals surface area contributed by atoms with Gasteiger partial charge in [-0.2, -0.15) is 0 Å². The normalized spacial score (nSPS) is 17.1. The van der Waals surface area contributed by atoms with E-state index in [1.54, 1.807) is 29.5 Å². The van der Waals surface area contributed by atoms with E-state index in [0.29, 0.717) is 36.0 Å². The molecule has 1 N–H and O–H groups in total. The average Bonchev–Trinajstić information content (AvgIpc) is 3.17. The molecule has 2 aromatic carbocycles. The predicted octanol–water partition coefficient (Wildman–Crippen LogP) is 3.65. The fraction of sp³-hybridized carbons (Fsp3) is 0.286. The highest BCUT2D eigenvalue weighted by atomic mass is 32.1. The molecule has 142 valence electrons. The lowest BCUT2D eigenvalue weighted by Gasteiger charge is -2.31. The van der Waals surface area contributed by atoms with Crippen LogP contribution in [-0.4, -0.2) is 41.4 Å². The van der Waals surface area contributed by atoms with Crippen molar-refractivity contribution in [1.29, 1.82) is 0 Å². The summed E-state index contributed by atoms with van der Waals surface area (Å²) in [5, 5.41) is 3.93. The molecule has 0 atom stereocenters. The third-order valence-corrected chi connectivity index (χ3v) is 6.50. The van der Waals surface area contributed by atoms with E-state index in [0.717, 1.165) is 18.4 Å². The Labute approximate surface area is 166 Å². The molecule has 7 heteroatoms. The van der Waals surface area contributed by atoms with Gasteiger partial charge in [0.05, 0.1) is 20.9 Å². The smallest absolute Gasteiger partial charge is 0.262 e. The number of thiazole rings is 1. The minimum Gasteiger partial charge on any atom is -0.482 e. The average molecular weight is 393 g/mol. The van der Waals surface area contributed by atoms with Crippen molar-refractivity contribution in [3.8, 4) is 5.75 Å². The summed E-state index contributed by atoms with van der Waals surface area (Å²) >= 11 is 1.76. The van der Waals surface area contributed by atoms with Gasteiger partial charge in [0.2, 0.25) is 0 Å². The van der Waals surface area contributed by atoms with E-state index >= 15 is 0 Å². The number of hydrogen-bond donors (Lipinski definition) is 1. The molecule has 28 heavy (non-hydrogen) atoms. The molecule has 0 bridgehead atoms. The van der Waals surface area contributed by atoms with Crippen molar-refractivity contribution in [3.05, 3.63) is 53.0 Å². The third-order valence-electron chi connectivity index (χ3n) is 5.30. The number of hydrogen-bond acceptors (Lipinski definition) is 5. The van der Waals surface area contributed by atoms with E-state index in [4.69, 9.17) is 9.72 Å². The number of fused-ring (bicyclic) bond motifs is 2. The van der Waals surface area contributed by atoms with Crippen LogP contribution in [0.25, 0.3) is 10.2 Å². The SMILES string of the molecule is O=C1COc2ccc(C(=O)N3CCC(c4nc5ccccc5s4)CC3)cc2N1. The molecule has 2 amide bonds. The van der Waals surface area contributed by atoms with E-state index in [-0.39, 0.29) is 18.4 Å². The van der Waals surface area contributed by atoms with E-state index < -0.39 is 0 Å². The van der Waals surface area contributed by atoms with Gasteiger partial charge in [0.1, 0.15) is 5.75 Å². The summed E-state index contributed by atoms with van der Waals surface area (Å²) in [6, 6.07) is 13.4. The number of nitrogens with zero attached hydrogens (tertiary/aromatic N) is 2. The number of para-hydroxylation sites is 1. The van der Waals surface area contributed by atoms with Gasteiger partial charge < -0.3 is 15.0 Å². The van der Waals surface area contributed by atoms with Crippen molar-refractivity contribution in [2.75, 3.05) is 25.0 Å². The molecule has 2 aliphatic heterocycles. The summed E-state index contributed by atoms with van der Waals surface area (Å²) in [5.41, 5.74) is 2.19. The number of benzene rings is 2. The molecule has 3 heterocycles. The summed E-state index contributed by atoms with van der Waals surface area (Å²) in [6.07, 6.45) is 1.83. The Bertz CT molecular complexity index is 1040. The van der Waals surface area contributed by atoms with Gasteiger partial charge >= 0.3 is 0 Å². The van der Waals surface area contributed by atoms with Crippen LogP contribution >= 0.6 is 11.3 Å². The molecule has 0 unspecified atom stereocenters. The number of rotatable bonds is 2. The van der Waals surface area contributed by atoms with E-state index in [2.05, 4.69) is 11.4 Å². The van der Waals surface area contributed by atoms with Crippen LogP contribution in [0.4, 0.5) is 5.69 Å². The summed E-state index contributed by atoms with van der Waals surface area (Å²) in [5.74, 6) is 0.794. The lowest BCUT2D eigenvalue weighted by atomic mass is 9.97. The molecule has 3 aromatic rings. The van der Waals surface area contributed by atoms with E-state index in [9.17, 15) is 9.59 Å². The first-order valence-corrected chi connectivity index (χ1v) is 10.2. The van der Waals surface area contributed by atoms with Gasteiger partial charge in [0.15, 0.2) is 6.61 Å². The Morgan fingerprint density at radius 2 is 2.00 bits per heavy atom. The molecule has 1 saturated heterocycles. The molecular formula is C21H19N3O3S. The molecule has 0 saturated carbocycles. The second kappa shape index (κ2) is 6.91. The zero-order chi connectivity index (χ0) is 19.1. The van der Waals surface area contributed by atoms with Gasteiger partial charge in [-0.25, -0.2) is 4.98 Å². The number of amides is 2. The van der Waals surface area contributed by atoms with Gasteiger partial charge in [-0.1, -0.05) is 12.1 Å². The van der Waals surface area contributed by atoms with Crippen LogP contribution < -0.4 is 10.1 Å². The number of carbonyl (C=O) groups excluding carboxylic acids is 2. The number of nitrogens with one attached hydrogen (secondary N) is 1. The number of likely N-dealkylation sites (tertiary alicyclic amines) is 1. The van der Waals surface area contributed by atoms with Crippen LogP contribution in [0.3, 0.4) is 0 Å². The molecule has 5 rings (SSSR count). The van der Waals surface area contributed by atoms with Gasteiger partial charge in [-0.3, -0.25) is 9.59 Å². The van der Waals surface area contributed by atoms with Crippen LogP contribution in [-0.2, 0) is 4.79 Å². The maximum absolute atomic E-state index is 12.9. The van der Waals surface area contributed by atoms with Crippen molar-refractivity contribution in [3.63, 3.8) is 0 Å². The van der Waals surface area contributed by atoms with E-state index in [1.165, 1.54) is 9.71 Å². The molecule has 6 nitrogen and oxygen atoms in total. The topological polar surface area (TPSA) is 71.5 Å². The summed E-state index contributed by atoms with van der Waals surface area (Å²) in [4.78, 5) is 31.1. The van der Waals surface area contributed by atoms with Gasteiger partial charge in [-0.15, -0.1) is 11.3 Å². The third kappa shape index (κ3) is 3.11. The second-order valence-electron chi connectivity index (χ2n) is 7.13. The Morgan fingerprint density at radius 1 is 1.18 bits per heavy atom. The van der Waals surface area contributed by atoms with Gasteiger partial charge in [-0.05, 0) is 43.2 Å². The van der Waals surface area contributed by atoms with Crippen molar-refractivity contribution in [2.24, 2.45) is 0 Å². The highest BCUT2D eigenvalue weighted by Crippen LogP contribution is 2.34. The fourth-order valence-corrected chi connectivity index (χ4v) is 4.93. The van der Waals surface area contributed by atoms with Gasteiger partial charge in [0, 0.05) is 24.6 Å². The Hall–Kier alpha value is -2.93. The van der Waals surface area contributed by atoms with Crippen molar-refractivity contribution < 1.29 is 14.3 Å². The standard InChI is InChI=1S/C21H19N3O3S/c25-19-12-27-17-6-5-14(11-16(17)22-19)21(26)24-9-7-13(8-10-24)20-23-15-3-1-2-4-18(15)28-20/h1-6,11,13H,7-10,12H2,(H,22,25). The lowest BCUT2D eigenvalue weighted by Crippen LogP contribution is -2.38.